The molecule has 6 rings (SSSR count). The summed E-state index contributed by atoms with van der Waals surface area (Å²) in [4.78, 5) is 10.2. The molecule has 0 bridgehead atoms. The first-order chi connectivity index (χ1) is 18.0. The fourth-order valence-electron chi connectivity index (χ4n) is 5.19. The first kappa shape index (κ1) is 23.6. The van der Waals surface area contributed by atoms with Crippen LogP contribution in [0.3, 0.4) is 0 Å². The normalized spacial score (nSPS) is 14.7. The molecule has 0 radical (unpaired) electrons. The molecule has 0 amide bonds. The molecule has 0 unspecified atom stereocenters. The molecule has 5 aromatic rings. The summed E-state index contributed by atoms with van der Waals surface area (Å²) < 4.78 is 20.4. The van der Waals surface area contributed by atoms with Crippen LogP contribution in [0.1, 0.15) is 24.3 Å². The standard InChI is InChI=1S/C29H31FN6O/c1-36(2)11-12-37-22-14-20(13-21(30)16-22)28-24-17-27(33-25(24)7-10-32-28)29-23-15-19(3-4-26(23)34-35-29)18-5-8-31-9-6-18/h3-4,7,10,13-18,31,33H,5-6,8-9,11-12H2,1-2H3,(H,34,35). The minimum Gasteiger partial charge on any atom is -0.492 e. The zero-order chi connectivity index (χ0) is 25.4. The van der Waals surface area contributed by atoms with Crippen LogP contribution in [0.25, 0.3) is 44.5 Å². The third-order valence-corrected chi connectivity index (χ3v) is 7.15. The quantitative estimate of drug-likeness (QED) is 0.283. The van der Waals surface area contributed by atoms with Gasteiger partial charge in [-0.15, -0.1) is 0 Å². The number of likely N-dealkylation sites (N-methyl/N-ethyl adjacent to an activating group) is 1. The molecule has 4 heterocycles. The van der Waals surface area contributed by atoms with Gasteiger partial charge in [-0.05, 0) is 87.9 Å². The Morgan fingerprint density at radius 3 is 2.65 bits per heavy atom. The lowest BCUT2D eigenvalue weighted by Gasteiger charge is -2.23. The van der Waals surface area contributed by atoms with Crippen LogP contribution in [0.5, 0.6) is 5.75 Å². The maximum atomic E-state index is 14.5. The molecular formula is C29H31FN6O. The molecule has 1 fully saturated rings. The number of rotatable bonds is 7. The average molecular weight is 499 g/mol. The third-order valence-electron chi connectivity index (χ3n) is 7.15. The Morgan fingerprint density at radius 1 is 0.973 bits per heavy atom. The first-order valence-corrected chi connectivity index (χ1v) is 12.8. The van der Waals surface area contributed by atoms with Gasteiger partial charge < -0.3 is 19.9 Å². The number of fused-ring (bicyclic) bond motifs is 2. The molecule has 190 valence electrons. The Kier molecular flexibility index (Phi) is 6.36. The second kappa shape index (κ2) is 9.95. The fourth-order valence-corrected chi connectivity index (χ4v) is 5.19. The number of nitrogens with one attached hydrogen (secondary N) is 3. The number of benzene rings is 2. The van der Waals surface area contributed by atoms with E-state index in [1.165, 1.54) is 17.7 Å². The van der Waals surface area contributed by atoms with Crippen molar-refractivity contribution in [3.63, 3.8) is 0 Å². The van der Waals surface area contributed by atoms with Crippen molar-refractivity contribution in [1.82, 2.24) is 30.4 Å². The van der Waals surface area contributed by atoms with E-state index in [4.69, 9.17) is 4.74 Å². The first-order valence-electron chi connectivity index (χ1n) is 12.8. The number of ether oxygens (including phenoxy) is 1. The second-order valence-corrected chi connectivity index (χ2v) is 10.0. The van der Waals surface area contributed by atoms with Crippen molar-refractivity contribution in [3.05, 3.63) is 66.1 Å². The molecule has 2 aromatic carbocycles. The van der Waals surface area contributed by atoms with Crippen molar-refractivity contribution in [2.45, 2.75) is 18.8 Å². The van der Waals surface area contributed by atoms with Gasteiger partial charge in [0.05, 0.1) is 16.9 Å². The molecule has 1 aliphatic heterocycles. The Morgan fingerprint density at radius 2 is 1.81 bits per heavy atom. The van der Waals surface area contributed by atoms with Crippen LogP contribution in [0.15, 0.2) is 54.7 Å². The van der Waals surface area contributed by atoms with Gasteiger partial charge in [0.2, 0.25) is 0 Å². The molecule has 8 heteroatoms. The minimum absolute atomic E-state index is 0.351. The van der Waals surface area contributed by atoms with Gasteiger partial charge in [0, 0.05) is 40.7 Å². The van der Waals surface area contributed by atoms with Crippen LogP contribution in [0, 0.1) is 5.82 Å². The van der Waals surface area contributed by atoms with Crippen molar-refractivity contribution >= 4 is 21.8 Å². The summed E-state index contributed by atoms with van der Waals surface area (Å²) in [5, 5.41) is 13.3. The topological polar surface area (TPSA) is 81.9 Å². The van der Waals surface area contributed by atoms with Crippen LogP contribution in [0.4, 0.5) is 4.39 Å². The largest absolute Gasteiger partial charge is 0.492 e. The van der Waals surface area contributed by atoms with E-state index in [1.807, 2.05) is 31.1 Å². The minimum atomic E-state index is -0.351. The average Bonchev–Trinajstić information content (AvgIpc) is 3.52. The highest BCUT2D eigenvalue weighted by Gasteiger charge is 2.19. The maximum Gasteiger partial charge on any atom is 0.127 e. The molecule has 37 heavy (non-hydrogen) atoms. The van der Waals surface area contributed by atoms with E-state index in [0.717, 1.165) is 65.7 Å². The van der Waals surface area contributed by atoms with E-state index >= 15 is 0 Å². The van der Waals surface area contributed by atoms with Gasteiger partial charge in [0.15, 0.2) is 0 Å². The van der Waals surface area contributed by atoms with Crippen molar-refractivity contribution < 1.29 is 9.13 Å². The van der Waals surface area contributed by atoms with E-state index in [1.54, 1.807) is 6.20 Å². The number of aromatic nitrogens is 4. The molecule has 0 spiro atoms. The lowest BCUT2D eigenvalue weighted by molar-refractivity contribution is 0.260. The van der Waals surface area contributed by atoms with Gasteiger partial charge in [-0.1, -0.05) is 6.07 Å². The Balaban J connectivity index is 1.37. The van der Waals surface area contributed by atoms with Crippen molar-refractivity contribution in [2.75, 3.05) is 40.3 Å². The molecule has 1 aliphatic rings. The zero-order valence-corrected chi connectivity index (χ0v) is 21.1. The predicted octanol–water partition coefficient (Wildman–Crippen LogP) is 5.32. The van der Waals surface area contributed by atoms with Crippen molar-refractivity contribution in [1.29, 1.82) is 0 Å². The van der Waals surface area contributed by atoms with Gasteiger partial charge in [-0.3, -0.25) is 10.1 Å². The number of aromatic amines is 2. The lowest BCUT2D eigenvalue weighted by Crippen LogP contribution is -2.26. The summed E-state index contributed by atoms with van der Waals surface area (Å²) >= 11 is 0. The van der Waals surface area contributed by atoms with Gasteiger partial charge in [-0.2, -0.15) is 5.10 Å². The summed E-state index contributed by atoms with van der Waals surface area (Å²) in [6.07, 6.45) is 4.04. The van der Waals surface area contributed by atoms with Crippen LogP contribution in [-0.2, 0) is 0 Å². The number of nitrogens with zero attached hydrogens (tertiary/aromatic N) is 3. The molecule has 0 saturated carbocycles. The SMILES string of the molecule is CN(C)CCOc1cc(F)cc(-c2nccc3[nH]c(-c4n[nH]c5ccc(C6CCNCC6)cc45)cc23)c1. The van der Waals surface area contributed by atoms with Crippen LogP contribution < -0.4 is 10.1 Å². The lowest BCUT2D eigenvalue weighted by atomic mass is 9.89. The summed E-state index contributed by atoms with van der Waals surface area (Å²) in [6.45, 7) is 3.34. The Bertz CT molecular complexity index is 1550. The molecule has 3 aromatic heterocycles. The molecule has 7 nitrogen and oxygen atoms in total. The molecule has 3 N–H and O–H groups in total. The smallest absolute Gasteiger partial charge is 0.127 e. The third kappa shape index (κ3) is 4.82. The number of hydrogen-bond donors (Lipinski definition) is 3. The molecule has 1 saturated heterocycles. The zero-order valence-electron chi connectivity index (χ0n) is 21.1. The fraction of sp³-hybridized carbons (Fsp3) is 0.310. The molecule has 0 atom stereocenters. The monoisotopic (exact) mass is 498 g/mol. The van der Waals surface area contributed by atoms with Crippen LogP contribution in [-0.4, -0.2) is 65.4 Å². The Hall–Kier alpha value is -3.75. The van der Waals surface area contributed by atoms with Gasteiger partial charge in [0.1, 0.15) is 23.9 Å². The van der Waals surface area contributed by atoms with E-state index < -0.39 is 0 Å². The van der Waals surface area contributed by atoms with E-state index in [2.05, 4.69) is 49.7 Å². The molecule has 0 aliphatic carbocycles. The highest BCUT2D eigenvalue weighted by atomic mass is 19.1. The summed E-state index contributed by atoms with van der Waals surface area (Å²) in [6, 6.07) is 15.4. The summed E-state index contributed by atoms with van der Waals surface area (Å²) in [5.41, 5.74) is 6.44. The van der Waals surface area contributed by atoms with E-state index in [9.17, 15) is 4.39 Å². The van der Waals surface area contributed by atoms with Gasteiger partial charge >= 0.3 is 0 Å². The van der Waals surface area contributed by atoms with Gasteiger partial charge in [0.25, 0.3) is 0 Å². The van der Waals surface area contributed by atoms with E-state index in [0.29, 0.717) is 29.5 Å². The number of pyridine rings is 1. The summed E-state index contributed by atoms with van der Waals surface area (Å²) in [5.74, 6) is 0.708. The number of H-pyrrole nitrogens is 2. The maximum absolute atomic E-state index is 14.5. The Labute approximate surface area is 215 Å². The number of halogens is 1. The van der Waals surface area contributed by atoms with Crippen molar-refractivity contribution in [2.24, 2.45) is 0 Å². The number of hydrogen-bond acceptors (Lipinski definition) is 5. The van der Waals surface area contributed by atoms with Crippen LogP contribution in [0.2, 0.25) is 0 Å². The predicted molar refractivity (Wildman–Crippen MR) is 145 cm³/mol. The summed E-state index contributed by atoms with van der Waals surface area (Å²) in [7, 11) is 3.95. The van der Waals surface area contributed by atoms with Crippen molar-refractivity contribution in [3.8, 4) is 28.4 Å². The van der Waals surface area contributed by atoms with Gasteiger partial charge in [-0.25, -0.2) is 4.39 Å². The highest BCUT2D eigenvalue weighted by Crippen LogP contribution is 2.36. The second-order valence-electron chi connectivity index (χ2n) is 10.0. The highest BCUT2D eigenvalue weighted by molar-refractivity contribution is 6.00. The van der Waals surface area contributed by atoms with E-state index in [-0.39, 0.29) is 5.82 Å². The molecular weight excluding hydrogens is 467 g/mol. The number of piperidine rings is 1. The van der Waals surface area contributed by atoms with Crippen LogP contribution >= 0.6 is 0 Å².